The first-order valence-electron chi connectivity index (χ1n) is 12.7. The molecule has 2 heterocycles. The molecule has 1 saturated carbocycles. The third-order valence-electron chi connectivity index (χ3n) is 8.04. The Morgan fingerprint density at radius 3 is 2.39 bits per heavy atom. The molecule has 1 spiro atoms. The van der Waals surface area contributed by atoms with E-state index in [9.17, 15) is 18.0 Å². The zero-order valence-electron chi connectivity index (χ0n) is 21.0. The summed E-state index contributed by atoms with van der Waals surface area (Å²) in [5.41, 5.74) is 3.94. The first kappa shape index (κ1) is 25.1. The van der Waals surface area contributed by atoms with E-state index in [-0.39, 0.29) is 17.7 Å². The molecule has 3 aromatic rings. The van der Waals surface area contributed by atoms with E-state index in [2.05, 4.69) is 6.07 Å². The van der Waals surface area contributed by atoms with E-state index in [1.165, 1.54) is 10.6 Å². The van der Waals surface area contributed by atoms with E-state index < -0.39 is 15.4 Å². The molecule has 2 fully saturated rings. The Balaban J connectivity index is 1.22. The summed E-state index contributed by atoms with van der Waals surface area (Å²) in [6, 6.07) is 23.1. The number of halogens is 1. The van der Waals surface area contributed by atoms with Crippen LogP contribution in [0.2, 0.25) is 5.02 Å². The zero-order valence-corrected chi connectivity index (χ0v) is 22.6. The van der Waals surface area contributed by atoms with Crippen LogP contribution in [0.4, 0.5) is 5.69 Å². The van der Waals surface area contributed by atoms with Crippen LogP contribution in [-0.4, -0.2) is 61.9 Å². The van der Waals surface area contributed by atoms with E-state index in [1.807, 2.05) is 65.6 Å². The van der Waals surface area contributed by atoms with Gasteiger partial charge < -0.3 is 9.80 Å². The van der Waals surface area contributed by atoms with Crippen molar-refractivity contribution >= 4 is 39.1 Å². The van der Waals surface area contributed by atoms with Gasteiger partial charge in [0.15, 0.2) is 0 Å². The molecule has 0 aromatic heterocycles. The lowest BCUT2D eigenvalue weighted by atomic mass is 9.92. The maximum atomic E-state index is 14.0. The molecule has 0 unspecified atom stereocenters. The molecule has 1 aliphatic carbocycles. The lowest BCUT2D eigenvalue weighted by Gasteiger charge is -2.33. The Kier molecular flexibility index (Phi) is 6.09. The van der Waals surface area contributed by atoms with Gasteiger partial charge in [0, 0.05) is 48.4 Å². The minimum atomic E-state index is -3.27. The van der Waals surface area contributed by atoms with Crippen molar-refractivity contribution in [3.63, 3.8) is 0 Å². The predicted octanol–water partition coefficient (Wildman–Crippen LogP) is 4.03. The summed E-state index contributed by atoms with van der Waals surface area (Å²) >= 11 is 6.09. The average molecular weight is 550 g/mol. The number of amides is 2. The van der Waals surface area contributed by atoms with Crippen LogP contribution < -0.4 is 4.90 Å². The van der Waals surface area contributed by atoms with E-state index in [4.69, 9.17) is 11.6 Å². The second-order valence-corrected chi connectivity index (χ2v) is 12.8. The first-order chi connectivity index (χ1) is 18.2. The Morgan fingerprint density at radius 1 is 0.974 bits per heavy atom. The summed E-state index contributed by atoms with van der Waals surface area (Å²) in [6.45, 7) is 1.65. The Labute approximate surface area is 227 Å². The van der Waals surface area contributed by atoms with Gasteiger partial charge in [0.2, 0.25) is 15.9 Å². The summed E-state index contributed by atoms with van der Waals surface area (Å²) in [7, 11) is -3.27. The Hall–Kier alpha value is -3.20. The number of hydrogen-bond acceptors (Lipinski definition) is 4. The number of para-hydroxylation sites is 1. The molecule has 0 radical (unpaired) electrons. The van der Waals surface area contributed by atoms with Crippen molar-refractivity contribution in [2.24, 2.45) is 0 Å². The van der Waals surface area contributed by atoms with Gasteiger partial charge in [0.25, 0.3) is 5.91 Å². The molecule has 196 valence electrons. The van der Waals surface area contributed by atoms with Crippen molar-refractivity contribution in [1.82, 2.24) is 9.21 Å². The lowest BCUT2D eigenvalue weighted by molar-refractivity contribution is -0.120. The van der Waals surface area contributed by atoms with Gasteiger partial charge in [0.1, 0.15) is 0 Å². The molecular weight excluding hydrogens is 522 g/mol. The number of nitrogens with zero attached hydrogens (tertiary/aromatic N) is 3. The third-order valence-corrected chi connectivity index (χ3v) is 9.60. The highest BCUT2D eigenvalue weighted by Crippen LogP contribution is 2.66. The fourth-order valence-electron chi connectivity index (χ4n) is 5.99. The van der Waals surface area contributed by atoms with Crippen LogP contribution in [0.1, 0.15) is 39.4 Å². The minimum Gasteiger partial charge on any atom is -0.336 e. The number of benzene rings is 3. The lowest BCUT2D eigenvalue weighted by Crippen LogP contribution is -2.50. The van der Waals surface area contributed by atoms with Crippen molar-refractivity contribution in [3.8, 4) is 0 Å². The topological polar surface area (TPSA) is 78.0 Å². The maximum absolute atomic E-state index is 14.0. The number of rotatable bonds is 5. The number of piperazine rings is 1. The van der Waals surface area contributed by atoms with Crippen LogP contribution in [0, 0.1) is 0 Å². The van der Waals surface area contributed by atoms with E-state index in [0.717, 1.165) is 28.8 Å². The third kappa shape index (κ3) is 4.21. The van der Waals surface area contributed by atoms with Crippen LogP contribution in [0.15, 0.2) is 72.8 Å². The summed E-state index contributed by atoms with van der Waals surface area (Å²) in [5.74, 6) is 0.0684. The maximum Gasteiger partial charge on any atom is 0.253 e. The Bertz CT molecular complexity index is 1530. The Morgan fingerprint density at radius 2 is 1.68 bits per heavy atom. The number of anilines is 1. The molecule has 7 nitrogen and oxygen atoms in total. The molecule has 3 aromatic carbocycles. The first-order valence-corrected chi connectivity index (χ1v) is 14.9. The number of fused-ring (bicyclic) bond motifs is 2. The van der Waals surface area contributed by atoms with Gasteiger partial charge in [-0.25, -0.2) is 8.42 Å². The largest absolute Gasteiger partial charge is 0.336 e. The second-order valence-electron chi connectivity index (χ2n) is 10.3. The van der Waals surface area contributed by atoms with Crippen molar-refractivity contribution in [2.45, 2.75) is 24.3 Å². The quantitative estimate of drug-likeness (QED) is 0.481. The minimum absolute atomic E-state index is 0.0901. The van der Waals surface area contributed by atoms with Gasteiger partial charge in [-0.3, -0.25) is 9.59 Å². The molecule has 2 amide bonds. The van der Waals surface area contributed by atoms with Gasteiger partial charge >= 0.3 is 0 Å². The van der Waals surface area contributed by atoms with E-state index in [1.54, 1.807) is 11.0 Å². The number of hydrogen-bond donors (Lipinski definition) is 0. The summed E-state index contributed by atoms with van der Waals surface area (Å²) in [4.78, 5) is 30.7. The molecule has 0 N–H and O–H groups in total. The smallest absolute Gasteiger partial charge is 0.253 e. The molecule has 9 heteroatoms. The van der Waals surface area contributed by atoms with Crippen molar-refractivity contribution in [1.29, 1.82) is 0 Å². The zero-order chi connectivity index (χ0) is 26.7. The molecule has 1 saturated heterocycles. The normalized spacial score (nSPS) is 23.1. The van der Waals surface area contributed by atoms with Crippen LogP contribution >= 0.6 is 11.6 Å². The molecule has 6 rings (SSSR count). The SMILES string of the molecule is CS(=O)(=O)N1CCN(C(=O)c2cccc(CN3C(=O)[C@@]4(C[C@H]4c4ccc(Cl)cc4)c4ccccc43)c2)CC1. The van der Waals surface area contributed by atoms with Crippen molar-refractivity contribution < 1.29 is 18.0 Å². The van der Waals surface area contributed by atoms with Gasteiger partial charge in [-0.1, -0.05) is 54.1 Å². The molecule has 38 heavy (non-hydrogen) atoms. The van der Waals surface area contributed by atoms with Crippen molar-refractivity contribution in [2.75, 3.05) is 37.3 Å². The van der Waals surface area contributed by atoms with Crippen LogP contribution in [0.25, 0.3) is 0 Å². The molecule has 2 aliphatic heterocycles. The van der Waals surface area contributed by atoms with Crippen molar-refractivity contribution in [3.05, 3.63) is 100 Å². The summed E-state index contributed by atoms with van der Waals surface area (Å²) in [5, 5.41) is 0.676. The fourth-order valence-corrected chi connectivity index (χ4v) is 6.95. The summed E-state index contributed by atoms with van der Waals surface area (Å²) in [6.07, 6.45) is 1.95. The average Bonchev–Trinajstić information content (AvgIpc) is 3.63. The van der Waals surface area contributed by atoms with E-state index in [0.29, 0.717) is 43.3 Å². The van der Waals surface area contributed by atoms with Crippen LogP contribution in [-0.2, 0) is 26.8 Å². The molecular formula is C29H28ClN3O4S. The highest BCUT2D eigenvalue weighted by atomic mass is 35.5. The summed E-state index contributed by atoms with van der Waals surface area (Å²) < 4.78 is 25.0. The van der Waals surface area contributed by atoms with Gasteiger partial charge in [0.05, 0.1) is 18.2 Å². The van der Waals surface area contributed by atoms with Gasteiger partial charge in [-0.05, 0) is 53.4 Å². The standard InChI is InChI=1S/C29H28ClN3O4S/c1-38(36,37)32-15-13-31(14-16-32)27(34)22-6-4-5-20(17-22)19-33-26-8-3-2-7-24(26)29(28(33)35)18-25(29)21-9-11-23(30)12-10-21/h2-12,17,25H,13-16,18-19H2,1H3/t25-,29-/m0/s1. The second kappa shape index (κ2) is 9.22. The van der Waals surface area contributed by atoms with Crippen LogP contribution in [0.5, 0.6) is 0 Å². The predicted molar refractivity (Wildman–Crippen MR) is 147 cm³/mol. The molecule has 3 aliphatic rings. The number of sulfonamides is 1. The monoisotopic (exact) mass is 549 g/mol. The number of carbonyl (C=O) groups excluding carboxylic acids is 2. The number of carbonyl (C=O) groups is 2. The molecule has 0 bridgehead atoms. The van der Waals surface area contributed by atoms with E-state index >= 15 is 0 Å². The van der Waals surface area contributed by atoms with Gasteiger partial charge in [-0.15, -0.1) is 0 Å². The van der Waals surface area contributed by atoms with Crippen LogP contribution in [0.3, 0.4) is 0 Å². The van der Waals surface area contributed by atoms with Gasteiger partial charge in [-0.2, -0.15) is 4.31 Å². The molecule has 2 atom stereocenters. The highest BCUT2D eigenvalue weighted by Gasteiger charge is 2.67. The fraction of sp³-hybridized carbons (Fsp3) is 0.310. The highest BCUT2D eigenvalue weighted by molar-refractivity contribution is 7.88.